The number of nitrogens with zero attached hydrogens (tertiary/aromatic N) is 4. The summed E-state index contributed by atoms with van der Waals surface area (Å²) in [5.74, 6) is 0.745. The monoisotopic (exact) mass is 394 g/mol. The van der Waals surface area contributed by atoms with Crippen LogP contribution in [0.3, 0.4) is 0 Å². The van der Waals surface area contributed by atoms with E-state index in [1.807, 2.05) is 11.6 Å². The molecule has 1 aliphatic rings. The Bertz CT molecular complexity index is 877. The average molecular weight is 394 g/mol. The molecule has 1 aliphatic heterocycles. The Labute approximate surface area is 157 Å². The molecule has 5 nitrogen and oxygen atoms in total. The highest BCUT2D eigenvalue weighted by Gasteiger charge is 2.30. The van der Waals surface area contributed by atoms with E-state index >= 15 is 0 Å². The third-order valence-electron chi connectivity index (χ3n) is 4.63. The molecule has 142 valence electrons. The molecule has 1 fully saturated rings. The van der Waals surface area contributed by atoms with Gasteiger partial charge in [-0.3, -0.25) is 4.90 Å². The van der Waals surface area contributed by atoms with E-state index in [2.05, 4.69) is 20.0 Å². The highest BCUT2D eigenvalue weighted by molar-refractivity contribution is 7.09. The zero-order valence-corrected chi connectivity index (χ0v) is 15.1. The van der Waals surface area contributed by atoms with E-state index in [1.165, 1.54) is 12.1 Å². The van der Waals surface area contributed by atoms with E-state index < -0.39 is 11.7 Å². The number of rotatable bonds is 4. The Balaban J connectivity index is 1.49. The van der Waals surface area contributed by atoms with Crippen molar-refractivity contribution in [3.63, 3.8) is 0 Å². The van der Waals surface area contributed by atoms with Gasteiger partial charge in [0.1, 0.15) is 5.01 Å². The molecule has 0 spiro atoms. The maximum absolute atomic E-state index is 12.7. The maximum atomic E-state index is 12.7. The lowest BCUT2D eigenvalue weighted by molar-refractivity contribution is -0.137. The van der Waals surface area contributed by atoms with Gasteiger partial charge >= 0.3 is 6.18 Å². The Morgan fingerprint density at radius 1 is 1.19 bits per heavy atom. The third kappa shape index (κ3) is 4.03. The van der Waals surface area contributed by atoms with E-state index in [0.29, 0.717) is 23.8 Å². The first kappa shape index (κ1) is 18.1. The van der Waals surface area contributed by atoms with E-state index in [4.69, 9.17) is 4.52 Å². The summed E-state index contributed by atoms with van der Waals surface area (Å²) in [6.45, 7) is 1.42. The third-order valence-corrected chi connectivity index (χ3v) is 5.50. The summed E-state index contributed by atoms with van der Waals surface area (Å²) >= 11 is 1.64. The minimum Gasteiger partial charge on any atom is -0.338 e. The minimum atomic E-state index is -4.36. The summed E-state index contributed by atoms with van der Waals surface area (Å²) in [4.78, 5) is 11.1. The summed E-state index contributed by atoms with van der Waals surface area (Å²) in [6.07, 6.45) is 0.735. The summed E-state index contributed by atoms with van der Waals surface area (Å²) < 4.78 is 43.4. The largest absolute Gasteiger partial charge is 0.416 e. The van der Waals surface area contributed by atoms with E-state index in [9.17, 15) is 13.2 Å². The molecule has 3 heterocycles. The van der Waals surface area contributed by atoms with Crippen LogP contribution in [-0.2, 0) is 12.7 Å². The van der Waals surface area contributed by atoms with Crippen LogP contribution in [0, 0.1) is 0 Å². The number of aromatic nitrogens is 3. The van der Waals surface area contributed by atoms with Crippen molar-refractivity contribution in [2.75, 3.05) is 6.54 Å². The first-order valence-electron chi connectivity index (χ1n) is 8.64. The highest BCUT2D eigenvalue weighted by atomic mass is 32.1. The topological polar surface area (TPSA) is 55.1 Å². The van der Waals surface area contributed by atoms with Crippen LogP contribution in [-0.4, -0.2) is 26.6 Å². The second-order valence-corrected chi connectivity index (χ2v) is 7.37. The maximum Gasteiger partial charge on any atom is 0.416 e. The van der Waals surface area contributed by atoms with Crippen LogP contribution in [0.1, 0.15) is 41.8 Å². The lowest BCUT2D eigenvalue weighted by atomic mass is 10.0. The van der Waals surface area contributed by atoms with Gasteiger partial charge in [-0.2, -0.15) is 18.2 Å². The van der Waals surface area contributed by atoms with Crippen LogP contribution < -0.4 is 0 Å². The number of halogens is 3. The van der Waals surface area contributed by atoms with Crippen LogP contribution in [0.5, 0.6) is 0 Å². The number of benzene rings is 1. The van der Waals surface area contributed by atoms with Crippen molar-refractivity contribution in [2.24, 2.45) is 0 Å². The molecule has 0 unspecified atom stereocenters. The molecule has 9 heteroatoms. The standard InChI is InChI=1S/C18H17F3N4OS/c19-18(20,21)13-6-4-12(5-7-13)16-23-15(26-24-16)11-25-9-2-1-3-14(25)17-22-8-10-27-17/h4-8,10,14H,1-3,9,11H2/t14-/m0/s1. The molecule has 1 aromatic carbocycles. The van der Waals surface area contributed by atoms with Gasteiger partial charge in [0, 0.05) is 17.1 Å². The molecule has 0 amide bonds. The molecular formula is C18H17F3N4OS. The van der Waals surface area contributed by atoms with Gasteiger partial charge < -0.3 is 4.52 Å². The van der Waals surface area contributed by atoms with Crippen molar-refractivity contribution in [2.45, 2.75) is 38.0 Å². The minimum absolute atomic E-state index is 0.236. The molecule has 0 aliphatic carbocycles. The van der Waals surface area contributed by atoms with E-state index in [1.54, 1.807) is 11.3 Å². The normalized spacial score (nSPS) is 18.7. The lowest BCUT2D eigenvalue weighted by Gasteiger charge is -2.33. The second-order valence-electron chi connectivity index (χ2n) is 6.44. The average Bonchev–Trinajstić information content (AvgIpc) is 3.34. The predicted molar refractivity (Wildman–Crippen MR) is 93.9 cm³/mol. The highest BCUT2D eigenvalue weighted by Crippen LogP contribution is 2.33. The fraction of sp³-hybridized carbons (Fsp3) is 0.389. The molecule has 3 aromatic rings. The molecule has 0 bridgehead atoms. The molecule has 27 heavy (non-hydrogen) atoms. The van der Waals surface area contributed by atoms with E-state index in [-0.39, 0.29) is 6.04 Å². The molecule has 1 atom stereocenters. The first-order chi connectivity index (χ1) is 13.0. The van der Waals surface area contributed by atoms with Crippen LogP contribution in [0.2, 0.25) is 0 Å². The van der Waals surface area contributed by atoms with Crippen LogP contribution in [0.15, 0.2) is 40.4 Å². The van der Waals surface area contributed by atoms with Crippen molar-refractivity contribution < 1.29 is 17.7 Å². The molecule has 4 rings (SSSR count). The van der Waals surface area contributed by atoms with E-state index in [0.717, 1.165) is 42.9 Å². The Hall–Kier alpha value is -2.26. The number of alkyl halides is 3. The number of thiazole rings is 1. The molecular weight excluding hydrogens is 377 g/mol. The summed E-state index contributed by atoms with van der Waals surface area (Å²) in [7, 11) is 0. The molecule has 2 aromatic heterocycles. The van der Waals surface area contributed by atoms with Gasteiger partial charge in [0.15, 0.2) is 0 Å². The van der Waals surface area contributed by atoms with Crippen molar-refractivity contribution >= 4 is 11.3 Å². The quantitative estimate of drug-likeness (QED) is 0.627. The Morgan fingerprint density at radius 3 is 2.70 bits per heavy atom. The predicted octanol–water partition coefficient (Wildman–Crippen LogP) is 4.94. The lowest BCUT2D eigenvalue weighted by Crippen LogP contribution is -2.32. The van der Waals surface area contributed by atoms with Crippen LogP contribution in [0.4, 0.5) is 13.2 Å². The zero-order chi connectivity index (χ0) is 18.9. The van der Waals surface area contributed by atoms with Crippen LogP contribution >= 0.6 is 11.3 Å². The summed E-state index contributed by atoms with van der Waals surface area (Å²) in [6, 6.07) is 5.00. The van der Waals surface area contributed by atoms with Gasteiger partial charge in [-0.25, -0.2) is 4.98 Å². The van der Waals surface area contributed by atoms with Gasteiger partial charge in [-0.15, -0.1) is 11.3 Å². The van der Waals surface area contributed by atoms with Gasteiger partial charge in [-0.1, -0.05) is 23.7 Å². The summed E-state index contributed by atoms with van der Waals surface area (Å²) in [5, 5.41) is 6.98. The molecule has 1 saturated heterocycles. The number of hydrogen-bond acceptors (Lipinski definition) is 6. The van der Waals surface area contributed by atoms with Crippen molar-refractivity contribution in [1.82, 2.24) is 20.0 Å². The first-order valence-corrected chi connectivity index (χ1v) is 9.52. The number of likely N-dealkylation sites (tertiary alicyclic amines) is 1. The smallest absolute Gasteiger partial charge is 0.338 e. The van der Waals surface area contributed by atoms with Gasteiger partial charge in [-0.05, 0) is 31.5 Å². The molecule has 0 N–H and O–H groups in total. The Morgan fingerprint density at radius 2 is 2.00 bits per heavy atom. The van der Waals surface area contributed by atoms with Crippen LogP contribution in [0.25, 0.3) is 11.4 Å². The number of hydrogen-bond donors (Lipinski definition) is 0. The second kappa shape index (κ2) is 7.40. The summed E-state index contributed by atoms with van der Waals surface area (Å²) in [5.41, 5.74) is -0.206. The SMILES string of the molecule is FC(F)(F)c1ccc(-c2noc(CN3CCCC[C@H]3c3nccs3)n2)cc1. The van der Waals surface area contributed by atoms with Crippen molar-refractivity contribution in [1.29, 1.82) is 0 Å². The molecule has 0 radical (unpaired) electrons. The number of piperidine rings is 1. The Kier molecular flexibility index (Phi) is 4.96. The fourth-order valence-electron chi connectivity index (χ4n) is 3.28. The van der Waals surface area contributed by atoms with Gasteiger partial charge in [0.05, 0.1) is 18.2 Å². The van der Waals surface area contributed by atoms with Crippen molar-refractivity contribution in [3.8, 4) is 11.4 Å². The zero-order valence-electron chi connectivity index (χ0n) is 14.3. The van der Waals surface area contributed by atoms with Gasteiger partial charge in [0.2, 0.25) is 11.7 Å². The molecule has 0 saturated carbocycles. The van der Waals surface area contributed by atoms with Crippen molar-refractivity contribution in [3.05, 3.63) is 52.3 Å². The van der Waals surface area contributed by atoms with Gasteiger partial charge in [0.25, 0.3) is 0 Å². The fourth-order valence-corrected chi connectivity index (χ4v) is 4.08.